The SMILES string of the molecule is CC(C)n1cnc(S(=O)(=O)NCCC(O)C2CCOCC2)c1. The fourth-order valence-corrected chi connectivity index (χ4v) is 3.47. The molecule has 0 bridgehead atoms. The molecule has 0 saturated carbocycles. The van der Waals surface area contributed by atoms with Gasteiger partial charge < -0.3 is 14.4 Å². The zero-order valence-electron chi connectivity index (χ0n) is 13.1. The van der Waals surface area contributed by atoms with E-state index in [4.69, 9.17) is 4.74 Å². The number of hydrogen-bond acceptors (Lipinski definition) is 5. The Bertz CT molecular complexity index is 564. The van der Waals surface area contributed by atoms with Crippen LogP contribution in [0.4, 0.5) is 0 Å². The summed E-state index contributed by atoms with van der Waals surface area (Å²) in [7, 11) is -3.62. The molecular weight excluding hydrogens is 306 g/mol. The summed E-state index contributed by atoms with van der Waals surface area (Å²) < 4.78 is 33.8. The topological polar surface area (TPSA) is 93.5 Å². The molecule has 1 saturated heterocycles. The minimum absolute atomic E-state index is 0.0155. The van der Waals surface area contributed by atoms with E-state index in [2.05, 4.69) is 9.71 Å². The lowest BCUT2D eigenvalue weighted by Crippen LogP contribution is -2.32. The molecule has 22 heavy (non-hydrogen) atoms. The van der Waals surface area contributed by atoms with Crippen molar-refractivity contribution >= 4 is 10.0 Å². The predicted molar refractivity (Wildman–Crippen MR) is 82.0 cm³/mol. The molecule has 0 aromatic carbocycles. The van der Waals surface area contributed by atoms with Crippen LogP contribution in [0.5, 0.6) is 0 Å². The maximum Gasteiger partial charge on any atom is 0.259 e. The van der Waals surface area contributed by atoms with E-state index in [9.17, 15) is 13.5 Å². The minimum atomic E-state index is -3.62. The van der Waals surface area contributed by atoms with E-state index in [0.717, 1.165) is 12.8 Å². The first kappa shape index (κ1) is 17.4. The van der Waals surface area contributed by atoms with Crippen LogP contribution in [0.25, 0.3) is 0 Å². The molecule has 0 spiro atoms. The summed E-state index contributed by atoms with van der Waals surface area (Å²) in [5, 5.41) is 10.1. The van der Waals surface area contributed by atoms with Crippen LogP contribution in [-0.4, -0.2) is 48.9 Å². The van der Waals surface area contributed by atoms with Gasteiger partial charge in [0.05, 0.1) is 12.4 Å². The summed E-state index contributed by atoms with van der Waals surface area (Å²) in [6.45, 7) is 5.45. The van der Waals surface area contributed by atoms with Crippen molar-refractivity contribution in [3.05, 3.63) is 12.5 Å². The molecule has 2 rings (SSSR count). The Kier molecular flexibility index (Phi) is 5.96. The van der Waals surface area contributed by atoms with Gasteiger partial charge in [0.2, 0.25) is 0 Å². The van der Waals surface area contributed by atoms with Crippen LogP contribution in [0, 0.1) is 5.92 Å². The summed E-state index contributed by atoms with van der Waals surface area (Å²) in [6, 6.07) is 0.159. The van der Waals surface area contributed by atoms with Gasteiger partial charge in [-0.05, 0) is 39.0 Å². The molecule has 1 fully saturated rings. The van der Waals surface area contributed by atoms with Gasteiger partial charge in [-0.2, -0.15) is 0 Å². The van der Waals surface area contributed by atoms with Gasteiger partial charge in [-0.25, -0.2) is 18.1 Å². The third-order valence-corrected chi connectivity index (χ3v) is 5.34. The van der Waals surface area contributed by atoms with Crippen molar-refractivity contribution in [1.29, 1.82) is 0 Å². The maximum atomic E-state index is 12.1. The van der Waals surface area contributed by atoms with Crippen molar-refractivity contribution in [2.75, 3.05) is 19.8 Å². The third kappa shape index (κ3) is 4.52. The summed E-state index contributed by atoms with van der Waals surface area (Å²) in [5.41, 5.74) is 0. The highest BCUT2D eigenvalue weighted by atomic mass is 32.2. The highest BCUT2D eigenvalue weighted by Crippen LogP contribution is 2.20. The second-order valence-electron chi connectivity index (χ2n) is 5.96. The molecule has 0 aliphatic carbocycles. The predicted octanol–water partition coefficient (Wildman–Crippen LogP) is 0.920. The summed E-state index contributed by atoms with van der Waals surface area (Å²) in [4.78, 5) is 3.93. The number of nitrogens with zero attached hydrogens (tertiary/aromatic N) is 2. The lowest BCUT2D eigenvalue weighted by atomic mass is 9.92. The number of aromatic nitrogens is 2. The Hall–Kier alpha value is -0.960. The summed E-state index contributed by atoms with van der Waals surface area (Å²) >= 11 is 0. The molecule has 1 aliphatic heterocycles. The quantitative estimate of drug-likeness (QED) is 0.775. The Labute approximate surface area is 131 Å². The Morgan fingerprint density at radius 3 is 2.73 bits per heavy atom. The van der Waals surface area contributed by atoms with Crippen molar-refractivity contribution in [3.8, 4) is 0 Å². The highest BCUT2D eigenvalue weighted by molar-refractivity contribution is 7.89. The van der Waals surface area contributed by atoms with E-state index in [1.807, 2.05) is 13.8 Å². The van der Waals surface area contributed by atoms with Gasteiger partial charge in [-0.3, -0.25) is 0 Å². The van der Waals surface area contributed by atoms with Gasteiger partial charge in [0.15, 0.2) is 5.03 Å². The third-order valence-electron chi connectivity index (χ3n) is 3.99. The van der Waals surface area contributed by atoms with Crippen molar-refractivity contribution in [2.24, 2.45) is 5.92 Å². The van der Waals surface area contributed by atoms with Crippen LogP contribution in [-0.2, 0) is 14.8 Å². The number of hydrogen-bond donors (Lipinski definition) is 2. The van der Waals surface area contributed by atoms with Crippen LogP contribution in [0.3, 0.4) is 0 Å². The smallest absolute Gasteiger partial charge is 0.259 e. The molecule has 0 radical (unpaired) electrons. The lowest BCUT2D eigenvalue weighted by molar-refractivity contribution is 0.00567. The fourth-order valence-electron chi connectivity index (χ4n) is 2.49. The number of aliphatic hydroxyl groups is 1. The Morgan fingerprint density at radius 1 is 1.45 bits per heavy atom. The van der Waals surface area contributed by atoms with E-state index in [1.54, 1.807) is 4.57 Å². The molecule has 8 heteroatoms. The van der Waals surface area contributed by atoms with Crippen molar-refractivity contribution in [2.45, 2.75) is 50.3 Å². The monoisotopic (exact) mass is 331 g/mol. The molecule has 126 valence electrons. The average Bonchev–Trinajstić information content (AvgIpc) is 2.99. The van der Waals surface area contributed by atoms with Gasteiger partial charge in [0, 0.05) is 32.0 Å². The normalized spacial score (nSPS) is 18.7. The first-order chi connectivity index (χ1) is 10.4. The molecule has 1 aromatic rings. The number of rotatable bonds is 7. The first-order valence-electron chi connectivity index (χ1n) is 7.69. The molecule has 2 N–H and O–H groups in total. The Morgan fingerprint density at radius 2 is 2.14 bits per heavy atom. The van der Waals surface area contributed by atoms with E-state index < -0.39 is 16.1 Å². The molecule has 1 atom stereocenters. The number of aliphatic hydroxyl groups excluding tert-OH is 1. The Balaban J connectivity index is 1.84. The average molecular weight is 331 g/mol. The van der Waals surface area contributed by atoms with Crippen LogP contribution in [0.15, 0.2) is 17.6 Å². The molecule has 1 aromatic heterocycles. The second-order valence-corrected chi connectivity index (χ2v) is 7.67. The molecule has 7 nitrogen and oxygen atoms in total. The van der Waals surface area contributed by atoms with Gasteiger partial charge in [0.25, 0.3) is 10.0 Å². The van der Waals surface area contributed by atoms with Crippen molar-refractivity contribution < 1.29 is 18.3 Å². The van der Waals surface area contributed by atoms with Crippen molar-refractivity contribution in [1.82, 2.24) is 14.3 Å². The van der Waals surface area contributed by atoms with E-state index >= 15 is 0 Å². The summed E-state index contributed by atoms with van der Waals surface area (Å²) in [6.07, 6.45) is 4.58. The zero-order valence-corrected chi connectivity index (χ0v) is 13.9. The lowest BCUT2D eigenvalue weighted by Gasteiger charge is -2.26. The van der Waals surface area contributed by atoms with Crippen LogP contribution in [0.2, 0.25) is 0 Å². The minimum Gasteiger partial charge on any atom is -0.393 e. The van der Waals surface area contributed by atoms with Crippen molar-refractivity contribution in [3.63, 3.8) is 0 Å². The van der Waals surface area contributed by atoms with E-state index in [1.165, 1.54) is 12.5 Å². The zero-order chi connectivity index (χ0) is 16.2. The van der Waals surface area contributed by atoms with E-state index in [0.29, 0.717) is 19.6 Å². The van der Waals surface area contributed by atoms with Gasteiger partial charge in [0.1, 0.15) is 0 Å². The summed E-state index contributed by atoms with van der Waals surface area (Å²) in [5.74, 6) is 0.193. The second kappa shape index (κ2) is 7.54. The van der Waals surface area contributed by atoms with Gasteiger partial charge in [-0.1, -0.05) is 0 Å². The maximum absolute atomic E-state index is 12.1. The number of nitrogens with one attached hydrogen (secondary N) is 1. The number of sulfonamides is 1. The fraction of sp³-hybridized carbons (Fsp3) is 0.786. The molecule has 1 aliphatic rings. The van der Waals surface area contributed by atoms with E-state index in [-0.39, 0.29) is 23.5 Å². The molecule has 2 heterocycles. The highest BCUT2D eigenvalue weighted by Gasteiger charge is 2.23. The van der Waals surface area contributed by atoms with Crippen LogP contribution < -0.4 is 4.72 Å². The van der Waals surface area contributed by atoms with Crippen LogP contribution in [0.1, 0.15) is 39.2 Å². The molecule has 1 unspecified atom stereocenters. The standard InChI is InChI=1S/C14H25N3O4S/c1-11(2)17-9-14(15-10-17)22(19,20)16-6-3-13(18)12-4-7-21-8-5-12/h9-13,16,18H,3-8H2,1-2H3. The van der Waals surface area contributed by atoms with Crippen LogP contribution >= 0.6 is 0 Å². The first-order valence-corrected chi connectivity index (χ1v) is 9.17. The molecular formula is C14H25N3O4S. The largest absolute Gasteiger partial charge is 0.393 e. The number of imidazole rings is 1. The molecule has 0 amide bonds. The van der Waals surface area contributed by atoms with Gasteiger partial charge in [-0.15, -0.1) is 0 Å². The number of ether oxygens (including phenoxy) is 1. The van der Waals surface area contributed by atoms with Gasteiger partial charge >= 0.3 is 0 Å².